The molecule has 0 spiro atoms. The molecule has 4 rings (SSSR count). The third-order valence-electron chi connectivity index (χ3n) is 5.91. The second kappa shape index (κ2) is 7.76. The highest BCUT2D eigenvalue weighted by Gasteiger charge is 2.36. The van der Waals surface area contributed by atoms with E-state index in [0.29, 0.717) is 56.5 Å². The molecule has 2 aromatic rings. The summed E-state index contributed by atoms with van der Waals surface area (Å²) in [5, 5.41) is 0. The summed E-state index contributed by atoms with van der Waals surface area (Å²) in [5.74, 6) is 3.14. The first-order valence-electron chi connectivity index (χ1n) is 10.1. The molecule has 2 aliphatic rings. The molecule has 2 atom stereocenters. The van der Waals surface area contributed by atoms with E-state index < -0.39 is 11.7 Å². The molecule has 2 unspecified atom stereocenters. The lowest BCUT2D eigenvalue weighted by Gasteiger charge is -2.36. The molecule has 1 aromatic carbocycles. The zero-order valence-electron chi connectivity index (χ0n) is 16.4. The van der Waals surface area contributed by atoms with E-state index in [9.17, 15) is 18.0 Å². The van der Waals surface area contributed by atoms with E-state index in [2.05, 4.69) is 6.92 Å². The number of carbonyl (C=O) groups excluding carboxylic acids is 1. The van der Waals surface area contributed by atoms with Crippen LogP contribution in [0.2, 0.25) is 0 Å². The van der Waals surface area contributed by atoms with Crippen LogP contribution in [-0.2, 0) is 17.4 Å². The van der Waals surface area contributed by atoms with E-state index >= 15 is 0 Å². The summed E-state index contributed by atoms with van der Waals surface area (Å²) in [7, 11) is 0. The molecule has 2 heterocycles. The first-order chi connectivity index (χ1) is 13.8. The van der Waals surface area contributed by atoms with Gasteiger partial charge in [0.2, 0.25) is 5.91 Å². The predicted molar refractivity (Wildman–Crippen MR) is 104 cm³/mol. The van der Waals surface area contributed by atoms with Gasteiger partial charge in [-0.3, -0.25) is 4.79 Å². The minimum absolute atomic E-state index is 0.0615. The quantitative estimate of drug-likeness (QED) is 0.722. The zero-order valence-corrected chi connectivity index (χ0v) is 16.4. The first-order valence-corrected chi connectivity index (χ1v) is 10.1. The molecule has 1 aromatic heterocycles. The van der Waals surface area contributed by atoms with Crippen LogP contribution in [0.25, 0.3) is 0 Å². The van der Waals surface area contributed by atoms with Crippen LogP contribution in [0.4, 0.5) is 18.9 Å². The van der Waals surface area contributed by atoms with Crippen molar-refractivity contribution in [2.45, 2.75) is 38.3 Å². The summed E-state index contributed by atoms with van der Waals surface area (Å²) in [4.78, 5) is 16.2. The maximum absolute atomic E-state index is 12.9. The van der Waals surface area contributed by atoms with Crippen molar-refractivity contribution in [3.05, 3.63) is 53.5 Å². The van der Waals surface area contributed by atoms with Crippen LogP contribution in [0.5, 0.6) is 0 Å². The van der Waals surface area contributed by atoms with Crippen LogP contribution < -0.4 is 4.90 Å². The average Bonchev–Trinajstić information content (AvgIpc) is 3.25. The van der Waals surface area contributed by atoms with Crippen molar-refractivity contribution >= 4 is 11.6 Å². The standard InChI is InChI=1S/C22H25F3N2O2/c1-15-13-19(15)20-7-5-18(29-20)6-8-21(28)27-11-9-26(10-12-27)17-4-2-3-16(14-17)22(23,24)25/h2-5,7,14-15,19H,6,8-13H2,1H3. The SMILES string of the molecule is CC1CC1c1ccc(CCC(=O)N2CCN(c3cccc(C(F)(F)F)c3)CC2)o1. The molecule has 4 nitrogen and oxygen atoms in total. The maximum Gasteiger partial charge on any atom is 0.416 e. The largest absolute Gasteiger partial charge is 0.466 e. The number of rotatable bonds is 5. The van der Waals surface area contributed by atoms with Crippen LogP contribution in [0.15, 0.2) is 40.8 Å². The highest BCUT2D eigenvalue weighted by molar-refractivity contribution is 5.76. The molecule has 156 valence electrons. The summed E-state index contributed by atoms with van der Waals surface area (Å²) in [6, 6.07) is 9.33. The summed E-state index contributed by atoms with van der Waals surface area (Å²) in [5.41, 5.74) is -0.101. The number of nitrogens with zero attached hydrogens (tertiary/aromatic N) is 2. The fraction of sp³-hybridized carbons (Fsp3) is 0.500. The van der Waals surface area contributed by atoms with Gasteiger partial charge in [0.15, 0.2) is 0 Å². The van der Waals surface area contributed by atoms with Gasteiger partial charge in [-0.05, 0) is 42.7 Å². The summed E-state index contributed by atoms with van der Waals surface area (Å²) < 4.78 is 44.6. The van der Waals surface area contributed by atoms with E-state index in [1.54, 1.807) is 11.0 Å². The Balaban J connectivity index is 1.27. The smallest absolute Gasteiger partial charge is 0.416 e. The number of hydrogen-bond donors (Lipinski definition) is 0. The molecule has 1 amide bonds. The van der Waals surface area contributed by atoms with E-state index in [1.807, 2.05) is 17.0 Å². The molecule has 29 heavy (non-hydrogen) atoms. The molecule has 1 saturated heterocycles. The molecule has 1 aliphatic carbocycles. The Morgan fingerprint density at radius 2 is 1.86 bits per heavy atom. The lowest BCUT2D eigenvalue weighted by molar-refractivity contribution is -0.137. The van der Waals surface area contributed by atoms with Crippen molar-refractivity contribution in [3.63, 3.8) is 0 Å². The summed E-state index contributed by atoms with van der Waals surface area (Å²) >= 11 is 0. The van der Waals surface area contributed by atoms with Gasteiger partial charge in [0, 0.05) is 50.6 Å². The Hall–Kier alpha value is -2.44. The third-order valence-corrected chi connectivity index (χ3v) is 5.91. The molecule has 7 heteroatoms. The molecule has 0 bridgehead atoms. The number of aryl methyl sites for hydroxylation is 1. The van der Waals surface area contributed by atoms with Gasteiger partial charge in [-0.2, -0.15) is 13.2 Å². The molecular weight excluding hydrogens is 381 g/mol. The fourth-order valence-electron chi connectivity index (χ4n) is 3.93. The Morgan fingerprint density at radius 1 is 1.14 bits per heavy atom. The number of amides is 1. The molecule has 0 N–H and O–H groups in total. The Morgan fingerprint density at radius 3 is 2.52 bits per heavy atom. The van der Waals surface area contributed by atoms with Gasteiger partial charge >= 0.3 is 6.18 Å². The fourth-order valence-corrected chi connectivity index (χ4v) is 3.93. The Bertz CT molecular complexity index is 869. The van der Waals surface area contributed by atoms with Crippen molar-refractivity contribution in [2.75, 3.05) is 31.1 Å². The number of piperazine rings is 1. The number of anilines is 1. The number of carbonyl (C=O) groups is 1. The van der Waals surface area contributed by atoms with Gasteiger partial charge in [-0.15, -0.1) is 0 Å². The van der Waals surface area contributed by atoms with E-state index in [-0.39, 0.29) is 5.91 Å². The number of alkyl halides is 3. The second-order valence-corrected chi connectivity index (χ2v) is 8.04. The van der Waals surface area contributed by atoms with Crippen molar-refractivity contribution in [2.24, 2.45) is 5.92 Å². The van der Waals surface area contributed by atoms with Gasteiger partial charge in [-0.25, -0.2) is 0 Å². The Labute approximate surface area is 168 Å². The number of halogens is 3. The van der Waals surface area contributed by atoms with Crippen molar-refractivity contribution in [1.82, 2.24) is 4.90 Å². The normalized spacial score (nSPS) is 22.1. The molecule has 2 fully saturated rings. The van der Waals surface area contributed by atoms with Crippen LogP contribution in [0.3, 0.4) is 0 Å². The molecule has 0 radical (unpaired) electrons. The monoisotopic (exact) mass is 406 g/mol. The number of benzene rings is 1. The van der Waals surface area contributed by atoms with Crippen molar-refractivity contribution in [1.29, 1.82) is 0 Å². The van der Waals surface area contributed by atoms with Crippen molar-refractivity contribution < 1.29 is 22.4 Å². The van der Waals surface area contributed by atoms with Gasteiger partial charge < -0.3 is 14.2 Å². The second-order valence-electron chi connectivity index (χ2n) is 8.04. The minimum atomic E-state index is -4.35. The van der Waals surface area contributed by atoms with Gasteiger partial charge in [0.25, 0.3) is 0 Å². The van der Waals surface area contributed by atoms with Gasteiger partial charge in [0.05, 0.1) is 5.56 Å². The topological polar surface area (TPSA) is 36.7 Å². The van der Waals surface area contributed by atoms with Crippen LogP contribution >= 0.6 is 0 Å². The highest BCUT2D eigenvalue weighted by Crippen LogP contribution is 2.47. The predicted octanol–water partition coefficient (Wildman–Crippen LogP) is 4.70. The average molecular weight is 406 g/mol. The lowest BCUT2D eigenvalue weighted by Crippen LogP contribution is -2.48. The number of hydrogen-bond acceptors (Lipinski definition) is 3. The van der Waals surface area contributed by atoms with E-state index in [4.69, 9.17) is 4.42 Å². The van der Waals surface area contributed by atoms with Crippen LogP contribution in [0.1, 0.15) is 42.8 Å². The molecule has 1 saturated carbocycles. The minimum Gasteiger partial charge on any atom is -0.466 e. The van der Waals surface area contributed by atoms with Crippen molar-refractivity contribution in [3.8, 4) is 0 Å². The molecule has 1 aliphatic heterocycles. The zero-order chi connectivity index (χ0) is 20.6. The van der Waals surface area contributed by atoms with Crippen LogP contribution in [-0.4, -0.2) is 37.0 Å². The highest BCUT2D eigenvalue weighted by atomic mass is 19.4. The van der Waals surface area contributed by atoms with Gasteiger partial charge in [-0.1, -0.05) is 13.0 Å². The van der Waals surface area contributed by atoms with E-state index in [0.717, 1.165) is 17.6 Å². The number of furan rings is 1. The van der Waals surface area contributed by atoms with E-state index in [1.165, 1.54) is 18.6 Å². The summed E-state index contributed by atoms with van der Waals surface area (Å²) in [6.07, 6.45) is -2.22. The summed E-state index contributed by atoms with van der Waals surface area (Å²) in [6.45, 7) is 4.28. The maximum atomic E-state index is 12.9. The third kappa shape index (κ3) is 4.60. The van der Waals surface area contributed by atoms with Gasteiger partial charge in [0.1, 0.15) is 11.5 Å². The Kier molecular flexibility index (Phi) is 5.32. The molecular formula is C22H25F3N2O2. The van der Waals surface area contributed by atoms with Crippen LogP contribution in [0, 0.1) is 5.92 Å². The lowest BCUT2D eigenvalue weighted by atomic mass is 10.1. The first kappa shape index (κ1) is 19.9.